The number of hydrogen-bond donors (Lipinski definition) is 2. The molecule has 1 aromatic carbocycles. The number of aliphatic hydroxyl groups is 1. The third kappa shape index (κ3) is 5.10. The first-order valence-electron chi connectivity index (χ1n) is 7.41. The van der Waals surface area contributed by atoms with Crippen molar-refractivity contribution in [3.63, 3.8) is 0 Å². The summed E-state index contributed by atoms with van der Waals surface area (Å²) in [6, 6.07) is 6.43. The summed E-state index contributed by atoms with van der Waals surface area (Å²) in [5, 5.41) is 12.8. The zero-order valence-corrected chi connectivity index (χ0v) is 12.4. The zero-order valence-electron chi connectivity index (χ0n) is 12.4. The Morgan fingerprint density at radius 1 is 1.38 bits per heavy atom. The second-order valence-electron chi connectivity index (χ2n) is 5.99. The molecule has 1 aromatic rings. The summed E-state index contributed by atoms with van der Waals surface area (Å²) in [6.45, 7) is 3.86. The second-order valence-corrected chi connectivity index (χ2v) is 5.99. The molecule has 0 spiro atoms. The molecule has 0 radical (unpaired) electrons. The quantitative estimate of drug-likeness (QED) is 0.888. The van der Waals surface area contributed by atoms with Crippen LogP contribution in [0.4, 0.5) is 4.39 Å². The van der Waals surface area contributed by atoms with E-state index in [0.29, 0.717) is 25.1 Å². The summed E-state index contributed by atoms with van der Waals surface area (Å²) in [5.41, 5.74) is -0.136. The minimum absolute atomic E-state index is 0.111. The zero-order chi connectivity index (χ0) is 15.3. The lowest BCUT2D eigenvalue weighted by Gasteiger charge is -2.22. The fraction of sp³-hybridized carbons (Fsp3) is 0.562. The number of nitrogens with zero attached hydrogens (tertiary/aromatic N) is 1. The third-order valence-electron chi connectivity index (χ3n) is 3.96. The molecule has 4 nitrogen and oxygen atoms in total. The highest BCUT2D eigenvalue weighted by molar-refractivity contribution is 5.78. The number of rotatable bonds is 4. The minimum atomic E-state index is -0.627. The van der Waals surface area contributed by atoms with Gasteiger partial charge in [0.2, 0.25) is 5.91 Å². The molecule has 2 N–H and O–H groups in total. The van der Waals surface area contributed by atoms with Crippen LogP contribution >= 0.6 is 0 Å². The van der Waals surface area contributed by atoms with E-state index in [1.807, 2.05) is 11.8 Å². The largest absolute Gasteiger partial charge is 0.390 e. The molecule has 1 unspecified atom stereocenters. The molecule has 0 aromatic heterocycles. The van der Waals surface area contributed by atoms with Gasteiger partial charge in [0, 0.05) is 18.7 Å². The fourth-order valence-electron chi connectivity index (χ4n) is 2.57. The lowest BCUT2D eigenvalue weighted by Crippen LogP contribution is -2.38. The average Bonchev–Trinajstić information content (AvgIpc) is 2.59. The predicted octanol–water partition coefficient (Wildman–Crippen LogP) is 1.68. The number of hydrogen-bond acceptors (Lipinski definition) is 3. The van der Waals surface area contributed by atoms with Crippen LogP contribution in [-0.2, 0) is 11.3 Å². The Kier molecular flexibility index (Phi) is 5.31. The van der Waals surface area contributed by atoms with E-state index < -0.39 is 5.60 Å². The van der Waals surface area contributed by atoms with Gasteiger partial charge in [-0.15, -0.1) is 0 Å². The van der Waals surface area contributed by atoms with Gasteiger partial charge in [0.1, 0.15) is 5.82 Å². The highest BCUT2D eigenvalue weighted by atomic mass is 19.1. The van der Waals surface area contributed by atoms with Gasteiger partial charge in [-0.25, -0.2) is 4.39 Å². The summed E-state index contributed by atoms with van der Waals surface area (Å²) in [5.74, 6) is -0.414. The Morgan fingerprint density at radius 3 is 2.90 bits per heavy atom. The number of likely N-dealkylation sites (tertiary alicyclic amines) is 1. The lowest BCUT2D eigenvalue weighted by molar-refractivity contribution is -0.122. The fourth-order valence-corrected chi connectivity index (χ4v) is 2.57. The maximum atomic E-state index is 13.4. The normalized spacial score (nSPS) is 23.6. The number of benzene rings is 1. The standard InChI is InChI=1S/C16H23FN2O2/c1-16(21)7-4-9-19(10-8-16)12-15(20)18-11-13-5-2-3-6-14(13)17/h2-3,5-6,21H,4,7-12H2,1H3,(H,18,20). The number of halogens is 1. The monoisotopic (exact) mass is 294 g/mol. The average molecular weight is 294 g/mol. The van der Waals surface area contributed by atoms with Crippen molar-refractivity contribution in [1.29, 1.82) is 0 Å². The summed E-state index contributed by atoms with van der Waals surface area (Å²) >= 11 is 0. The topological polar surface area (TPSA) is 52.6 Å². The van der Waals surface area contributed by atoms with Crippen LogP contribution in [0.2, 0.25) is 0 Å². The third-order valence-corrected chi connectivity index (χ3v) is 3.96. The molecule has 1 amide bonds. The Bertz CT molecular complexity index is 491. The molecule has 5 heteroatoms. The van der Waals surface area contributed by atoms with Crippen LogP contribution in [0, 0.1) is 5.82 Å². The number of nitrogens with one attached hydrogen (secondary N) is 1. The summed E-state index contributed by atoms with van der Waals surface area (Å²) in [7, 11) is 0. The minimum Gasteiger partial charge on any atom is -0.390 e. The van der Waals surface area contributed by atoms with Crippen LogP contribution in [0.3, 0.4) is 0 Å². The van der Waals surface area contributed by atoms with Crippen molar-refractivity contribution in [2.45, 2.75) is 38.3 Å². The van der Waals surface area contributed by atoms with Crippen molar-refractivity contribution >= 4 is 5.91 Å². The molecule has 1 aliphatic rings. The number of amides is 1. The van der Waals surface area contributed by atoms with Crippen LogP contribution in [0.5, 0.6) is 0 Å². The number of carbonyl (C=O) groups is 1. The molecule has 1 atom stereocenters. The molecule has 0 saturated carbocycles. The van der Waals surface area contributed by atoms with Crippen molar-refractivity contribution in [1.82, 2.24) is 10.2 Å². The van der Waals surface area contributed by atoms with Crippen LogP contribution in [0.15, 0.2) is 24.3 Å². The van der Waals surface area contributed by atoms with Crippen LogP contribution in [0.25, 0.3) is 0 Å². The van der Waals surface area contributed by atoms with Crippen LogP contribution < -0.4 is 5.32 Å². The Balaban J connectivity index is 1.78. The Labute approximate surface area is 125 Å². The molecular weight excluding hydrogens is 271 g/mol. The Hall–Kier alpha value is -1.46. The van der Waals surface area contributed by atoms with E-state index in [1.165, 1.54) is 6.07 Å². The highest BCUT2D eigenvalue weighted by Crippen LogP contribution is 2.21. The van der Waals surface area contributed by atoms with Crippen molar-refractivity contribution in [3.8, 4) is 0 Å². The molecule has 1 heterocycles. The van der Waals surface area contributed by atoms with Crippen molar-refractivity contribution in [2.24, 2.45) is 0 Å². The molecule has 21 heavy (non-hydrogen) atoms. The molecule has 1 fully saturated rings. The first-order chi connectivity index (χ1) is 9.96. The molecule has 1 aliphatic heterocycles. The highest BCUT2D eigenvalue weighted by Gasteiger charge is 2.25. The van der Waals surface area contributed by atoms with Gasteiger partial charge in [0.15, 0.2) is 0 Å². The Morgan fingerprint density at radius 2 is 2.14 bits per heavy atom. The summed E-state index contributed by atoms with van der Waals surface area (Å²) in [6.07, 6.45) is 2.32. The lowest BCUT2D eigenvalue weighted by atomic mass is 9.98. The SMILES string of the molecule is CC1(O)CCCN(CC(=O)NCc2ccccc2F)CC1. The van der Waals surface area contributed by atoms with E-state index in [-0.39, 0.29) is 18.3 Å². The predicted molar refractivity (Wildman–Crippen MR) is 79.2 cm³/mol. The first kappa shape index (κ1) is 15.9. The van der Waals surface area contributed by atoms with E-state index >= 15 is 0 Å². The molecule has 1 saturated heterocycles. The maximum absolute atomic E-state index is 13.4. The van der Waals surface area contributed by atoms with E-state index in [9.17, 15) is 14.3 Å². The molecule has 116 valence electrons. The van der Waals surface area contributed by atoms with Gasteiger partial charge in [-0.2, -0.15) is 0 Å². The molecule has 0 aliphatic carbocycles. The molecule has 0 bridgehead atoms. The van der Waals surface area contributed by atoms with Gasteiger partial charge in [-0.1, -0.05) is 18.2 Å². The first-order valence-corrected chi connectivity index (χ1v) is 7.41. The van der Waals surface area contributed by atoms with Gasteiger partial charge in [-0.05, 0) is 38.8 Å². The van der Waals surface area contributed by atoms with Crippen LogP contribution in [0.1, 0.15) is 31.7 Å². The van der Waals surface area contributed by atoms with E-state index in [0.717, 1.165) is 19.4 Å². The summed E-state index contributed by atoms with van der Waals surface area (Å²) < 4.78 is 13.4. The van der Waals surface area contributed by atoms with E-state index in [4.69, 9.17) is 0 Å². The summed E-state index contributed by atoms with van der Waals surface area (Å²) in [4.78, 5) is 14.0. The van der Waals surface area contributed by atoms with Gasteiger partial charge in [-0.3, -0.25) is 9.69 Å². The van der Waals surface area contributed by atoms with E-state index in [1.54, 1.807) is 18.2 Å². The van der Waals surface area contributed by atoms with Crippen LogP contribution in [-0.4, -0.2) is 41.1 Å². The van der Waals surface area contributed by atoms with Gasteiger partial charge < -0.3 is 10.4 Å². The van der Waals surface area contributed by atoms with Crippen molar-refractivity contribution in [3.05, 3.63) is 35.6 Å². The van der Waals surface area contributed by atoms with Crippen molar-refractivity contribution < 1.29 is 14.3 Å². The van der Waals surface area contributed by atoms with Gasteiger partial charge in [0.25, 0.3) is 0 Å². The van der Waals surface area contributed by atoms with Crippen molar-refractivity contribution in [2.75, 3.05) is 19.6 Å². The maximum Gasteiger partial charge on any atom is 0.234 e. The van der Waals surface area contributed by atoms with Gasteiger partial charge in [0.05, 0.1) is 12.1 Å². The second kappa shape index (κ2) is 7.00. The smallest absolute Gasteiger partial charge is 0.234 e. The molecule has 2 rings (SSSR count). The van der Waals surface area contributed by atoms with Gasteiger partial charge >= 0.3 is 0 Å². The van der Waals surface area contributed by atoms with E-state index in [2.05, 4.69) is 5.32 Å². The molecular formula is C16H23FN2O2. The number of carbonyl (C=O) groups excluding carboxylic acids is 1.